The van der Waals surface area contributed by atoms with Crippen molar-refractivity contribution in [1.29, 1.82) is 0 Å². The van der Waals surface area contributed by atoms with Gasteiger partial charge < -0.3 is 9.64 Å². The van der Waals surface area contributed by atoms with Crippen LogP contribution in [-0.2, 0) is 17.8 Å². The largest absolute Gasteiger partial charge is 0.377 e. The molecule has 126 valence electrons. The van der Waals surface area contributed by atoms with Gasteiger partial charge in [-0.15, -0.1) is 6.58 Å². The molecule has 1 atom stereocenters. The highest BCUT2D eigenvalue weighted by atomic mass is 16.5. The quantitative estimate of drug-likeness (QED) is 0.614. The summed E-state index contributed by atoms with van der Waals surface area (Å²) < 4.78 is 7.53. The number of amides is 1. The second-order valence-corrected chi connectivity index (χ2v) is 5.93. The minimum absolute atomic E-state index is 0.120. The van der Waals surface area contributed by atoms with Gasteiger partial charge in [0.2, 0.25) is 0 Å². The topological polar surface area (TPSA) is 73.1 Å². The summed E-state index contributed by atoms with van der Waals surface area (Å²) in [6, 6.07) is 1.94. The Bertz CT molecular complexity index is 710. The molecule has 0 bridgehead atoms. The fourth-order valence-corrected chi connectivity index (χ4v) is 2.78. The molecule has 0 spiro atoms. The Morgan fingerprint density at radius 2 is 2.29 bits per heavy atom. The van der Waals surface area contributed by atoms with Crippen molar-refractivity contribution in [2.24, 2.45) is 5.92 Å². The second kappa shape index (κ2) is 7.35. The summed E-state index contributed by atoms with van der Waals surface area (Å²) in [4.78, 5) is 23.0. The lowest BCUT2D eigenvalue weighted by molar-refractivity contribution is 0.0631. The van der Waals surface area contributed by atoms with Crippen LogP contribution in [0.5, 0.6) is 0 Å². The van der Waals surface area contributed by atoms with E-state index in [0.29, 0.717) is 32.0 Å². The van der Waals surface area contributed by atoms with Crippen molar-refractivity contribution in [3.63, 3.8) is 0 Å². The second-order valence-electron chi connectivity index (χ2n) is 5.93. The number of carbonyl (C=O) groups excluding carboxylic acids is 1. The van der Waals surface area contributed by atoms with Gasteiger partial charge in [-0.05, 0) is 13.0 Å². The third kappa shape index (κ3) is 3.68. The minimum Gasteiger partial charge on any atom is -0.377 e. The molecule has 0 fully saturated rings. The van der Waals surface area contributed by atoms with Gasteiger partial charge in [0.25, 0.3) is 5.91 Å². The third-order valence-corrected chi connectivity index (χ3v) is 3.94. The summed E-state index contributed by atoms with van der Waals surface area (Å²) in [6.45, 7) is 8.38. The van der Waals surface area contributed by atoms with Gasteiger partial charge in [-0.1, -0.05) is 6.08 Å². The Hall–Kier alpha value is -2.54. The Balaban J connectivity index is 1.79. The fraction of sp³-hybridized carbons (Fsp3) is 0.412. The molecule has 2 aromatic rings. The van der Waals surface area contributed by atoms with Gasteiger partial charge in [0.05, 0.1) is 37.3 Å². The van der Waals surface area contributed by atoms with Gasteiger partial charge in [-0.3, -0.25) is 14.5 Å². The van der Waals surface area contributed by atoms with Crippen LogP contribution in [0.1, 0.15) is 21.9 Å². The van der Waals surface area contributed by atoms with Crippen molar-refractivity contribution in [3.8, 4) is 0 Å². The maximum absolute atomic E-state index is 12.8. The highest BCUT2D eigenvalue weighted by Crippen LogP contribution is 2.18. The number of aryl methyl sites for hydroxylation is 1. The fourth-order valence-electron chi connectivity index (χ4n) is 2.78. The molecule has 0 radical (unpaired) electrons. The van der Waals surface area contributed by atoms with Crippen LogP contribution >= 0.6 is 0 Å². The maximum Gasteiger partial charge on any atom is 0.274 e. The number of carbonyl (C=O) groups is 1. The molecule has 0 saturated heterocycles. The molecular formula is C17H21N5O2. The van der Waals surface area contributed by atoms with Crippen LogP contribution in [-0.4, -0.2) is 50.3 Å². The first kappa shape index (κ1) is 16.3. The molecule has 0 saturated carbocycles. The van der Waals surface area contributed by atoms with Crippen molar-refractivity contribution in [1.82, 2.24) is 24.6 Å². The first-order valence-electron chi connectivity index (χ1n) is 7.94. The number of ether oxygens (including phenoxy) is 1. The van der Waals surface area contributed by atoms with Crippen molar-refractivity contribution in [2.45, 2.75) is 20.0 Å². The van der Waals surface area contributed by atoms with Gasteiger partial charge in [-0.2, -0.15) is 5.10 Å². The monoisotopic (exact) mass is 327 g/mol. The van der Waals surface area contributed by atoms with Crippen LogP contribution in [0, 0.1) is 12.8 Å². The predicted octanol–water partition coefficient (Wildman–Crippen LogP) is 1.46. The van der Waals surface area contributed by atoms with Crippen molar-refractivity contribution >= 4 is 5.91 Å². The standard InChI is InChI=1S/C17H21N5O2/c1-3-6-24-12-14-9-21(11-15-4-5-20-22(15)10-14)17(23)16-8-18-13(2)7-19-16/h3-5,7-8,14H,1,6,9-12H2,2H3/t14-/m1/s1. The Kier molecular flexibility index (Phi) is 5.00. The first-order chi connectivity index (χ1) is 11.7. The van der Waals surface area contributed by atoms with Crippen LogP contribution in [0.3, 0.4) is 0 Å². The average molecular weight is 327 g/mol. The summed E-state index contributed by atoms with van der Waals surface area (Å²) in [5.74, 6) is 0.0410. The highest BCUT2D eigenvalue weighted by Gasteiger charge is 2.27. The lowest BCUT2D eigenvalue weighted by Crippen LogP contribution is -2.35. The van der Waals surface area contributed by atoms with Crippen molar-refractivity contribution in [3.05, 3.63) is 54.4 Å². The smallest absolute Gasteiger partial charge is 0.274 e. The lowest BCUT2D eigenvalue weighted by Gasteiger charge is -2.23. The summed E-state index contributed by atoms with van der Waals surface area (Å²) in [7, 11) is 0. The minimum atomic E-state index is -0.120. The molecule has 0 unspecified atom stereocenters. The zero-order chi connectivity index (χ0) is 16.9. The summed E-state index contributed by atoms with van der Waals surface area (Å²) in [6.07, 6.45) is 6.63. The molecule has 7 nitrogen and oxygen atoms in total. The van der Waals surface area contributed by atoms with E-state index >= 15 is 0 Å². The number of nitrogens with zero attached hydrogens (tertiary/aromatic N) is 5. The van der Waals surface area contributed by atoms with Gasteiger partial charge in [0.1, 0.15) is 5.69 Å². The van der Waals surface area contributed by atoms with E-state index in [1.165, 1.54) is 6.20 Å². The SMILES string of the molecule is C=CCOC[C@@H]1CN(C(=O)c2cnc(C)cn2)Cc2ccnn2C1. The molecule has 1 amide bonds. The number of hydrogen-bond acceptors (Lipinski definition) is 5. The van der Waals surface area contributed by atoms with E-state index in [0.717, 1.165) is 17.9 Å². The Morgan fingerprint density at radius 3 is 3.04 bits per heavy atom. The lowest BCUT2D eigenvalue weighted by atomic mass is 10.1. The number of rotatable bonds is 5. The molecule has 1 aliphatic heterocycles. The maximum atomic E-state index is 12.8. The number of hydrogen-bond donors (Lipinski definition) is 0. The number of aromatic nitrogens is 4. The summed E-state index contributed by atoms with van der Waals surface area (Å²) >= 11 is 0. The molecule has 0 N–H and O–H groups in total. The van der Waals surface area contributed by atoms with Crippen molar-refractivity contribution < 1.29 is 9.53 Å². The predicted molar refractivity (Wildman–Crippen MR) is 88.2 cm³/mol. The van der Waals surface area contributed by atoms with Crippen LogP contribution in [0.25, 0.3) is 0 Å². The van der Waals surface area contributed by atoms with Crippen LogP contribution in [0.2, 0.25) is 0 Å². The van der Waals surface area contributed by atoms with E-state index in [-0.39, 0.29) is 11.8 Å². The normalized spacial score (nSPS) is 17.2. The van der Waals surface area contributed by atoms with E-state index in [4.69, 9.17) is 4.74 Å². The van der Waals surface area contributed by atoms with E-state index < -0.39 is 0 Å². The summed E-state index contributed by atoms with van der Waals surface area (Å²) in [5.41, 5.74) is 2.16. The zero-order valence-electron chi connectivity index (χ0n) is 13.8. The molecule has 2 aromatic heterocycles. The van der Waals surface area contributed by atoms with E-state index in [1.54, 1.807) is 23.4 Å². The van der Waals surface area contributed by atoms with E-state index in [2.05, 4.69) is 21.6 Å². The first-order valence-corrected chi connectivity index (χ1v) is 7.94. The molecule has 3 heterocycles. The van der Waals surface area contributed by atoms with Crippen LogP contribution < -0.4 is 0 Å². The van der Waals surface area contributed by atoms with E-state index in [1.807, 2.05) is 17.7 Å². The summed E-state index contributed by atoms with van der Waals surface area (Å²) in [5, 5.41) is 4.35. The Morgan fingerprint density at radius 1 is 1.42 bits per heavy atom. The van der Waals surface area contributed by atoms with Gasteiger partial charge in [0.15, 0.2) is 0 Å². The molecule has 24 heavy (non-hydrogen) atoms. The molecular weight excluding hydrogens is 306 g/mol. The van der Waals surface area contributed by atoms with Gasteiger partial charge in [0, 0.05) is 31.4 Å². The van der Waals surface area contributed by atoms with Gasteiger partial charge in [-0.25, -0.2) is 4.98 Å². The zero-order valence-corrected chi connectivity index (χ0v) is 13.8. The van der Waals surface area contributed by atoms with Crippen LogP contribution in [0.15, 0.2) is 37.3 Å². The van der Waals surface area contributed by atoms with Crippen LogP contribution in [0.4, 0.5) is 0 Å². The van der Waals surface area contributed by atoms with Crippen molar-refractivity contribution in [2.75, 3.05) is 19.8 Å². The molecule has 1 aliphatic rings. The van der Waals surface area contributed by atoms with Gasteiger partial charge >= 0.3 is 0 Å². The highest BCUT2D eigenvalue weighted by molar-refractivity contribution is 5.92. The third-order valence-electron chi connectivity index (χ3n) is 3.94. The number of fused-ring (bicyclic) bond motifs is 1. The molecule has 3 rings (SSSR count). The van der Waals surface area contributed by atoms with E-state index in [9.17, 15) is 4.79 Å². The molecule has 0 aliphatic carbocycles. The average Bonchev–Trinajstić information content (AvgIpc) is 2.93. The Labute approximate surface area is 141 Å². The molecule has 0 aromatic carbocycles. The molecule has 7 heteroatoms.